The first-order chi connectivity index (χ1) is 9.00. The van der Waals surface area contributed by atoms with Crippen molar-refractivity contribution in [2.45, 2.75) is 31.1 Å². The van der Waals surface area contributed by atoms with E-state index in [1.165, 1.54) is 0 Å². The van der Waals surface area contributed by atoms with Crippen LogP contribution in [0.2, 0.25) is 0 Å². The van der Waals surface area contributed by atoms with Crippen LogP contribution in [0.5, 0.6) is 0 Å². The molecule has 0 fully saturated rings. The van der Waals surface area contributed by atoms with Gasteiger partial charge in [-0.25, -0.2) is 8.42 Å². The highest BCUT2D eigenvalue weighted by Gasteiger charge is 2.25. The summed E-state index contributed by atoms with van der Waals surface area (Å²) in [5.41, 5.74) is 1.07. The zero-order chi connectivity index (χ0) is 13.9. The van der Waals surface area contributed by atoms with Gasteiger partial charge in [-0.05, 0) is 60.9 Å². The standard InChI is InChI=1S/C14H18INO2S/c1-12-6-8-14(9-7-12)19(17,18)16-10-4-2-3-5-13(15)11-16/h5-9H,2-4,10-11H2,1H3/b13-5+. The van der Waals surface area contributed by atoms with E-state index in [9.17, 15) is 8.42 Å². The average molecular weight is 391 g/mol. The van der Waals surface area contributed by atoms with Crippen molar-refractivity contribution in [1.82, 2.24) is 4.31 Å². The Kier molecular flexibility index (Phi) is 5.03. The number of sulfonamides is 1. The Morgan fingerprint density at radius 3 is 2.53 bits per heavy atom. The van der Waals surface area contributed by atoms with Crippen LogP contribution in [-0.4, -0.2) is 25.8 Å². The zero-order valence-corrected chi connectivity index (χ0v) is 13.9. The van der Waals surface area contributed by atoms with Crippen LogP contribution in [0.15, 0.2) is 38.8 Å². The normalized spacial score (nSPS) is 21.3. The highest BCUT2D eigenvalue weighted by molar-refractivity contribution is 14.1. The van der Waals surface area contributed by atoms with Crippen LogP contribution in [0.3, 0.4) is 0 Å². The molecule has 2 rings (SSSR count). The van der Waals surface area contributed by atoms with E-state index in [1.54, 1.807) is 16.4 Å². The lowest BCUT2D eigenvalue weighted by Gasteiger charge is -2.23. The molecule has 1 aromatic rings. The van der Waals surface area contributed by atoms with Gasteiger partial charge in [-0.3, -0.25) is 0 Å². The molecule has 0 spiro atoms. The Morgan fingerprint density at radius 1 is 1.16 bits per heavy atom. The molecule has 0 aliphatic carbocycles. The molecule has 104 valence electrons. The Labute approximate surface area is 128 Å². The summed E-state index contributed by atoms with van der Waals surface area (Å²) in [5, 5.41) is 0. The summed E-state index contributed by atoms with van der Waals surface area (Å²) in [5.74, 6) is 0. The van der Waals surface area contributed by atoms with Gasteiger partial charge in [0.2, 0.25) is 10.0 Å². The molecule has 0 radical (unpaired) electrons. The molecule has 1 heterocycles. The van der Waals surface area contributed by atoms with E-state index >= 15 is 0 Å². The largest absolute Gasteiger partial charge is 0.243 e. The molecule has 0 saturated carbocycles. The number of hydrogen-bond acceptors (Lipinski definition) is 2. The minimum Gasteiger partial charge on any atom is -0.207 e. The molecule has 0 bridgehead atoms. The van der Waals surface area contributed by atoms with Gasteiger partial charge in [-0.1, -0.05) is 23.8 Å². The van der Waals surface area contributed by atoms with Crippen LogP contribution >= 0.6 is 22.6 Å². The molecule has 0 aromatic heterocycles. The first-order valence-electron chi connectivity index (χ1n) is 6.41. The van der Waals surface area contributed by atoms with Crippen LogP contribution in [0.1, 0.15) is 24.8 Å². The predicted molar refractivity (Wildman–Crippen MR) is 85.9 cm³/mol. The topological polar surface area (TPSA) is 37.4 Å². The third kappa shape index (κ3) is 3.79. The smallest absolute Gasteiger partial charge is 0.207 e. The number of rotatable bonds is 2. The second-order valence-corrected chi connectivity index (χ2v) is 8.12. The maximum atomic E-state index is 12.6. The monoisotopic (exact) mass is 391 g/mol. The second-order valence-electron chi connectivity index (χ2n) is 4.80. The van der Waals surface area contributed by atoms with Gasteiger partial charge in [0.05, 0.1) is 4.90 Å². The summed E-state index contributed by atoms with van der Waals surface area (Å²) in [6, 6.07) is 7.08. The quantitative estimate of drug-likeness (QED) is 0.724. The Morgan fingerprint density at radius 2 is 1.84 bits per heavy atom. The van der Waals surface area contributed by atoms with Crippen LogP contribution in [0, 0.1) is 6.92 Å². The Balaban J connectivity index is 2.29. The minimum absolute atomic E-state index is 0.392. The lowest BCUT2D eigenvalue weighted by Crippen LogP contribution is -2.33. The third-order valence-corrected chi connectivity index (χ3v) is 5.85. The van der Waals surface area contributed by atoms with E-state index in [4.69, 9.17) is 0 Å². The summed E-state index contributed by atoms with van der Waals surface area (Å²) in [4.78, 5) is 0.392. The van der Waals surface area contributed by atoms with Crippen molar-refractivity contribution in [3.05, 3.63) is 39.5 Å². The Bertz CT molecular complexity index is 564. The van der Waals surface area contributed by atoms with Crippen molar-refractivity contribution < 1.29 is 8.42 Å². The number of nitrogens with zero attached hydrogens (tertiary/aromatic N) is 1. The van der Waals surface area contributed by atoms with E-state index in [-0.39, 0.29) is 0 Å². The van der Waals surface area contributed by atoms with Gasteiger partial charge in [0.15, 0.2) is 0 Å². The van der Waals surface area contributed by atoms with Crippen molar-refractivity contribution >= 4 is 32.6 Å². The first kappa shape index (κ1) is 15.0. The maximum Gasteiger partial charge on any atom is 0.243 e. The van der Waals surface area contributed by atoms with Gasteiger partial charge in [0, 0.05) is 16.7 Å². The van der Waals surface area contributed by atoms with Crippen LogP contribution in [0.25, 0.3) is 0 Å². The Hall–Kier alpha value is -0.400. The fourth-order valence-corrected chi connectivity index (χ4v) is 4.48. The van der Waals surface area contributed by atoms with E-state index in [0.29, 0.717) is 18.0 Å². The molecule has 1 aliphatic rings. The number of hydrogen-bond donors (Lipinski definition) is 0. The van der Waals surface area contributed by atoms with Crippen molar-refractivity contribution in [2.75, 3.05) is 13.1 Å². The number of halogens is 1. The zero-order valence-electron chi connectivity index (χ0n) is 11.0. The predicted octanol–water partition coefficient (Wildman–Crippen LogP) is 3.49. The van der Waals surface area contributed by atoms with Crippen LogP contribution < -0.4 is 0 Å². The van der Waals surface area contributed by atoms with Crippen molar-refractivity contribution in [2.24, 2.45) is 0 Å². The van der Waals surface area contributed by atoms with Crippen LogP contribution in [0.4, 0.5) is 0 Å². The number of aryl methyl sites for hydroxylation is 1. The molecule has 0 amide bonds. The lowest BCUT2D eigenvalue weighted by molar-refractivity contribution is 0.424. The molecule has 0 N–H and O–H groups in total. The van der Waals surface area contributed by atoms with E-state index in [1.807, 2.05) is 19.1 Å². The van der Waals surface area contributed by atoms with Gasteiger partial charge in [0.25, 0.3) is 0 Å². The lowest BCUT2D eigenvalue weighted by atomic mass is 10.2. The van der Waals surface area contributed by atoms with Crippen LogP contribution in [-0.2, 0) is 10.0 Å². The molecule has 1 aromatic carbocycles. The molecule has 0 atom stereocenters. The highest BCUT2D eigenvalue weighted by atomic mass is 127. The summed E-state index contributed by atoms with van der Waals surface area (Å²) < 4.78 is 27.9. The fourth-order valence-electron chi connectivity index (χ4n) is 2.07. The van der Waals surface area contributed by atoms with E-state index in [2.05, 4.69) is 28.7 Å². The second kappa shape index (κ2) is 6.37. The molecule has 5 heteroatoms. The minimum atomic E-state index is -3.36. The number of allylic oxidation sites excluding steroid dienone is 1. The molecule has 0 unspecified atom stereocenters. The molecule has 19 heavy (non-hydrogen) atoms. The summed E-state index contributed by atoms with van der Waals surface area (Å²) in [6.07, 6.45) is 5.16. The highest BCUT2D eigenvalue weighted by Crippen LogP contribution is 2.22. The third-order valence-electron chi connectivity index (χ3n) is 3.21. The summed E-state index contributed by atoms with van der Waals surface area (Å²) in [6.45, 7) is 3.06. The van der Waals surface area contributed by atoms with E-state index < -0.39 is 10.0 Å². The molecule has 0 saturated heterocycles. The van der Waals surface area contributed by atoms with Gasteiger partial charge < -0.3 is 0 Å². The number of benzene rings is 1. The summed E-state index contributed by atoms with van der Waals surface area (Å²) in [7, 11) is -3.36. The maximum absolute atomic E-state index is 12.6. The fraction of sp³-hybridized carbons (Fsp3) is 0.429. The molecule has 1 aliphatic heterocycles. The van der Waals surface area contributed by atoms with E-state index in [0.717, 1.165) is 28.4 Å². The van der Waals surface area contributed by atoms with Crippen molar-refractivity contribution in [3.8, 4) is 0 Å². The van der Waals surface area contributed by atoms with Gasteiger partial charge in [-0.15, -0.1) is 0 Å². The first-order valence-corrected chi connectivity index (χ1v) is 8.93. The SMILES string of the molecule is Cc1ccc(S(=O)(=O)N2CCCC/C=C(/I)C2)cc1. The summed E-state index contributed by atoms with van der Waals surface area (Å²) >= 11 is 2.23. The molecular weight excluding hydrogens is 373 g/mol. The average Bonchev–Trinajstić information content (AvgIpc) is 2.34. The van der Waals surface area contributed by atoms with Gasteiger partial charge in [0.1, 0.15) is 0 Å². The van der Waals surface area contributed by atoms with Gasteiger partial charge >= 0.3 is 0 Å². The molecular formula is C14H18INO2S. The van der Waals surface area contributed by atoms with Crippen molar-refractivity contribution in [3.63, 3.8) is 0 Å². The molecule has 3 nitrogen and oxygen atoms in total. The van der Waals surface area contributed by atoms with Crippen molar-refractivity contribution in [1.29, 1.82) is 0 Å². The van der Waals surface area contributed by atoms with Gasteiger partial charge in [-0.2, -0.15) is 4.31 Å².